The molecular weight excluding hydrogens is 174 g/mol. The Morgan fingerprint density at radius 2 is 2.36 bits per heavy atom. The van der Waals surface area contributed by atoms with Crippen LogP contribution >= 0.6 is 0 Å². The van der Waals surface area contributed by atoms with E-state index in [1.165, 1.54) is 0 Å². The Labute approximate surface area is 83.4 Å². The van der Waals surface area contributed by atoms with Gasteiger partial charge in [0.25, 0.3) is 0 Å². The Morgan fingerprint density at radius 1 is 1.50 bits per heavy atom. The summed E-state index contributed by atoms with van der Waals surface area (Å²) in [5.74, 6) is 0.0143. The molecule has 0 fully saturated rings. The van der Waals surface area contributed by atoms with Crippen molar-refractivity contribution < 1.29 is 4.79 Å². The molecule has 1 unspecified atom stereocenters. The largest absolute Gasteiger partial charge is 0.303 e. The number of fused-ring (bicyclic) bond motifs is 1. The second-order valence-electron chi connectivity index (χ2n) is 3.59. The fourth-order valence-corrected chi connectivity index (χ4v) is 2.11. The van der Waals surface area contributed by atoms with E-state index in [0.717, 1.165) is 36.7 Å². The van der Waals surface area contributed by atoms with Crippen molar-refractivity contribution in [3.05, 3.63) is 40.7 Å². The van der Waals surface area contributed by atoms with E-state index in [0.29, 0.717) is 5.69 Å². The monoisotopic (exact) mass is 185 g/mol. The van der Waals surface area contributed by atoms with Crippen LogP contribution in [0.2, 0.25) is 0 Å². The molecule has 0 aromatic heterocycles. The summed E-state index contributed by atoms with van der Waals surface area (Å²) in [4.78, 5) is 14.3. The van der Waals surface area contributed by atoms with Crippen LogP contribution in [-0.4, -0.2) is 6.29 Å². The topological polar surface area (TPSA) is 21.4 Å². The lowest BCUT2D eigenvalue weighted by atomic mass is 9.83. The van der Waals surface area contributed by atoms with Crippen LogP contribution < -0.4 is 0 Å². The quantitative estimate of drug-likeness (QED) is 0.487. The van der Waals surface area contributed by atoms with Crippen LogP contribution in [-0.2, 0) is 11.2 Å². The molecule has 0 radical (unpaired) electrons. The van der Waals surface area contributed by atoms with Crippen molar-refractivity contribution in [1.82, 2.24) is 0 Å². The Balaban J connectivity index is 2.55. The van der Waals surface area contributed by atoms with Gasteiger partial charge in [-0.05, 0) is 30.4 Å². The van der Waals surface area contributed by atoms with Crippen LogP contribution in [0.25, 0.3) is 4.85 Å². The lowest BCUT2D eigenvalue weighted by Crippen LogP contribution is -2.10. The second-order valence-corrected chi connectivity index (χ2v) is 3.59. The van der Waals surface area contributed by atoms with E-state index >= 15 is 0 Å². The molecule has 0 aliphatic heterocycles. The first-order valence-corrected chi connectivity index (χ1v) is 4.81. The number of aldehydes is 1. The molecule has 2 nitrogen and oxygen atoms in total. The van der Waals surface area contributed by atoms with Gasteiger partial charge in [0.15, 0.2) is 5.69 Å². The Bertz CT molecular complexity index is 403. The predicted molar refractivity (Wildman–Crippen MR) is 54.4 cm³/mol. The molecule has 0 saturated carbocycles. The summed E-state index contributed by atoms with van der Waals surface area (Å²) in [7, 11) is 0. The minimum Gasteiger partial charge on any atom is -0.303 e. The minimum absolute atomic E-state index is 0.0143. The van der Waals surface area contributed by atoms with Crippen LogP contribution in [0.1, 0.15) is 29.9 Å². The summed E-state index contributed by atoms with van der Waals surface area (Å²) in [5, 5.41) is 0. The van der Waals surface area contributed by atoms with Crippen molar-refractivity contribution in [2.75, 3.05) is 0 Å². The van der Waals surface area contributed by atoms with Gasteiger partial charge in [-0.2, -0.15) is 0 Å². The summed E-state index contributed by atoms with van der Waals surface area (Å²) < 4.78 is 0. The molecule has 0 saturated heterocycles. The number of hydrogen-bond donors (Lipinski definition) is 0. The number of carbonyl (C=O) groups excluding carboxylic acids is 1. The molecule has 2 heteroatoms. The molecule has 0 bridgehead atoms. The fourth-order valence-electron chi connectivity index (χ4n) is 2.11. The van der Waals surface area contributed by atoms with Crippen molar-refractivity contribution >= 4 is 12.0 Å². The van der Waals surface area contributed by atoms with Gasteiger partial charge in [-0.3, -0.25) is 0 Å². The van der Waals surface area contributed by atoms with Gasteiger partial charge in [0.2, 0.25) is 0 Å². The molecule has 0 heterocycles. The highest BCUT2D eigenvalue weighted by Gasteiger charge is 2.21. The van der Waals surface area contributed by atoms with Crippen molar-refractivity contribution in [1.29, 1.82) is 0 Å². The van der Waals surface area contributed by atoms with Gasteiger partial charge in [-0.1, -0.05) is 18.2 Å². The number of benzene rings is 1. The fraction of sp³-hybridized carbons (Fsp3) is 0.333. The molecule has 2 rings (SSSR count). The van der Waals surface area contributed by atoms with E-state index in [2.05, 4.69) is 4.85 Å². The Morgan fingerprint density at radius 3 is 3.07 bits per heavy atom. The smallest absolute Gasteiger partial charge is 0.190 e. The number of hydrogen-bond acceptors (Lipinski definition) is 1. The standard InChI is InChI=1S/C12H11NO/c1-13-12-7-3-5-10-9(8-14)4-2-6-11(10)12/h3,5,7-9H,2,4,6H2. The summed E-state index contributed by atoms with van der Waals surface area (Å²) in [6, 6.07) is 5.68. The molecule has 1 aromatic rings. The third-order valence-electron chi connectivity index (χ3n) is 2.81. The first-order valence-electron chi connectivity index (χ1n) is 4.81. The van der Waals surface area contributed by atoms with E-state index in [9.17, 15) is 4.79 Å². The molecule has 1 aromatic carbocycles. The zero-order valence-electron chi connectivity index (χ0n) is 7.86. The Hall–Kier alpha value is -1.62. The van der Waals surface area contributed by atoms with Gasteiger partial charge in [0, 0.05) is 5.92 Å². The van der Waals surface area contributed by atoms with Crippen LogP contribution in [0.3, 0.4) is 0 Å². The number of rotatable bonds is 1. The third kappa shape index (κ3) is 1.31. The summed E-state index contributed by atoms with van der Waals surface area (Å²) in [6.45, 7) is 7.04. The first kappa shape index (κ1) is 8.96. The SMILES string of the molecule is [C-]#[N+]c1cccc2c1CCCC2C=O. The van der Waals surface area contributed by atoms with Crippen molar-refractivity contribution in [3.8, 4) is 0 Å². The normalized spacial score (nSPS) is 19.5. The van der Waals surface area contributed by atoms with E-state index in [-0.39, 0.29) is 5.92 Å². The molecule has 1 aliphatic rings. The van der Waals surface area contributed by atoms with Gasteiger partial charge in [-0.25, -0.2) is 4.85 Å². The van der Waals surface area contributed by atoms with Gasteiger partial charge >= 0.3 is 0 Å². The molecule has 14 heavy (non-hydrogen) atoms. The van der Waals surface area contributed by atoms with E-state index < -0.39 is 0 Å². The molecule has 70 valence electrons. The van der Waals surface area contributed by atoms with E-state index in [1.54, 1.807) is 0 Å². The van der Waals surface area contributed by atoms with Gasteiger partial charge in [0.1, 0.15) is 6.29 Å². The number of nitrogens with zero attached hydrogens (tertiary/aromatic N) is 1. The maximum atomic E-state index is 10.8. The minimum atomic E-state index is 0.0143. The predicted octanol–water partition coefficient (Wildman–Crippen LogP) is 2.86. The molecule has 0 spiro atoms. The third-order valence-corrected chi connectivity index (χ3v) is 2.81. The molecule has 1 atom stereocenters. The average Bonchev–Trinajstić information content (AvgIpc) is 2.27. The van der Waals surface area contributed by atoms with Gasteiger partial charge in [0.05, 0.1) is 6.57 Å². The highest BCUT2D eigenvalue weighted by Crippen LogP contribution is 2.35. The zero-order chi connectivity index (χ0) is 9.97. The van der Waals surface area contributed by atoms with Crippen LogP contribution in [0.4, 0.5) is 5.69 Å². The highest BCUT2D eigenvalue weighted by atomic mass is 16.1. The summed E-state index contributed by atoms with van der Waals surface area (Å²) >= 11 is 0. The van der Waals surface area contributed by atoms with E-state index in [1.807, 2.05) is 18.2 Å². The van der Waals surface area contributed by atoms with Gasteiger partial charge < -0.3 is 4.79 Å². The van der Waals surface area contributed by atoms with E-state index in [4.69, 9.17) is 6.57 Å². The second kappa shape index (κ2) is 3.63. The Kier molecular flexibility index (Phi) is 2.32. The van der Waals surface area contributed by atoms with Gasteiger partial charge in [-0.15, -0.1) is 0 Å². The molecular formula is C12H11NO. The molecule has 0 N–H and O–H groups in total. The zero-order valence-corrected chi connectivity index (χ0v) is 7.86. The van der Waals surface area contributed by atoms with Crippen LogP contribution in [0.5, 0.6) is 0 Å². The maximum Gasteiger partial charge on any atom is 0.190 e. The lowest BCUT2D eigenvalue weighted by molar-refractivity contribution is -0.109. The van der Waals surface area contributed by atoms with Crippen LogP contribution in [0.15, 0.2) is 18.2 Å². The number of carbonyl (C=O) groups is 1. The summed E-state index contributed by atoms with van der Waals surface area (Å²) in [6.07, 6.45) is 3.89. The maximum absolute atomic E-state index is 10.8. The van der Waals surface area contributed by atoms with Crippen LogP contribution in [0, 0.1) is 6.57 Å². The lowest BCUT2D eigenvalue weighted by Gasteiger charge is -2.21. The van der Waals surface area contributed by atoms with Crippen molar-refractivity contribution in [2.45, 2.75) is 25.2 Å². The van der Waals surface area contributed by atoms with Crippen molar-refractivity contribution in [3.63, 3.8) is 0 Å². The molecule has 0 amide bonds. The average molecular weight is 185 g/mol. The summed E-state index contributed by atoms with van der Waals surface area (Å²) in [5.41, 5.74) is 2.87. The van der Waals surface area contributed by atoms with Crippen molar-refractivity contribution in [2.24, 2.45) is 0 Å². The highest BCUT2D eigenvalue weighted by molar-refractivity contribution is 5.68. The molecule has 1 aliphatic carbocycles. The first-order chi connectivity index (χ1) is 6.86.